The number of ether oxygens (including phenoxy) is 1. The molecule has 14 N–H and O–H groups in total. The molecule has 0 heterocycles. The zero-order valence-corrected chi connectivity index (χ0v) is 34.4. The average Bonchev–Trinajstić information content (AvgIpc) is 3.47. The first-order chi connectivity index (χ1) is 24.7. The highest BCUT2D eigenvalue weighted by Crippen LogP contribution is 2.67. The summed E-state index contributed by atoms with van der Waals surface area (Å²) in [5, 5.41) is 0. The fourth-order valence-corrected chi connectivity index (χ4v) is 12.3. The maximum absolute atomic E-state index is 11.3. The van der Waals surface area contributed by atoms with Crippen LogP contribution < -0.4 is 40.1 Å². The number of fused-ring (bicyclic) bond motifs is 5. The first-order valence-corrected chi connectivity index (χ1v) is 21.7. The van der Waals surface area contributed by atoms with Crippen LogP contribution in [-0.2, 0) is 4.74 Å². The predicted octanol–water partition coefficient (Wildman–Crippen LogP) is 7.08. The molecule has 3 saturated carbocycles. The van der Waals surface area contributed by atoms with Crippen LogP contribution in [0.5, 0.6) is 0 Å². The first-order valence-electron chi connectivity index (χ1n) is 21.7. The minimum atomic E-state index is -0.615. The lowest BCUT2D eigenvalue weighted by Crippen LogP contribution is -2.59. The summed E-state index contributed by atoms with van der Waals surface area (Å²) >= 11 is 0. The Hall–Kier alpha value is -1.23. The van der Waals surface area contributed by atoms with Crippen LogP contribution in [0.3, 0.4) is 0 Å². The fourth-order valence-electron chi connectivity index (χ4n) is 12.3. The second-order valence-electron chi connectivity index (χ2n) is 18.8. The molecule has 0 bridgehead atoms. The van der Waals surface area contributed by atoms with Crippen molar-refractivity contribution in [2.24, 2.45) is 91.9 Å². The smallest absolute Gasteiger partial charge is 0.404 e. The molecular formula is C43H85N7O2. The summed E-state index contributed by atoms with van der Waals surface area (Å²) in [5.74, 6) is 5.20. The van der Waals surface area contributed by atoms with Gasteiger partial charge in [0.2, 0.25) is 0 Å². The van der Waals surface area contributed by atoms with Gasteiger partial charge in [-0.15, -0.1) is 0 Å². The molecule has 0 aromatic carbocycles. The third kappa shape index (κ3) is 10.5. The minimum Gasteiger partial charge on any atom is -0.446 e. The van der Waals surface area contributed by atoms with Gasteiger partial charge in [0.1, 0.15) is 6.10 Å². The van der Waals surface area contributed by atoms with E-state index in [2.05, 4.69) is 40.7 Å². The molecule has 3 fully saturated rings. The lowest BCUT2D eigenvalue weighted by atomic mass is 9.47. The van der Waals surface area contributed by atoms with Gasteiger partial charge in [-0.2, -0.15) is 0 Å². The Bertz CT molecular complexity index is 1080. The van der Waals surface area contributed by atoms with E-state index in [1.54, 1.807) is 5.57 Å². The molecule has 4 aliphatic carbocycles. The zero-order chi connectivity index (χ0) is 38.6. The molecule has 8 atom stereocenters. The lowest BCUT2D eigenvalue weighted by molar-refractivity contribution is -0.0578. The molecule has 0 spiro atoms. The SMILES string of the molecule is CC(C)CCC[C@@H](C)[C@H]1CCC2C3CC=C4CC(OC(N)=O)CC[C@]4(C)C3CC[C@@]21C.NCCCC(N)(CCCN)C(CN)(CCCN)CCCN. The number of amides is 1. The van der Waals surface area contributed by atoms with Crippen molar-refractivity contribution in [3.63, 3.8) is 0 Å². The lowest BCUT2D eigenvalue weighted by Gasteiger charge is -2.58. The topological polar surface area (TPSA) is 208 Å². The minimum absolute atomic E-state index is 0.00946. The van der Waals surface area contributed by atoms with Crippen LogP contribution in [0, 0.1) is 51.8 Å². The molecule has 0 aromatic rings. The number of carbonyl (C=O) groups is 1. The van der Waals surface area contributed by atoms with E-state index in [1.807, 2.05) is 0 Å². The Morgan fingerprint density at radius 2 is 1.40 bits per heavy atom. The van der Waals surface area contributed by atoms with Crippen molar-refractivity contribution in [2.45, 2.75) is 168 Å². The predicted molar refractivity (Wildman–Crippen MR) is 219 cm³/mol. The van der Waals surface area contributed by atoms with Gasteiger partial charge in [-0.3, -0.25) is 0 Å². The van der Waals surface area contributed by atoms with Crippen molar-refractivity contribution in [3.05, 3.63) is 11.6 Å². The highest BCUT2D eigenvalue weighted by Gasteiger charge is 2.59. The van der Waals surface area contributed by atoms with Gasteiger partial charge in [-0.05, 0) is 175 Å². The molecule has 9 nitrogen and oxygen atoms in total. The van der Waals surface area contributed by atoms with Crippen molar-refractivity contribution in [1.82, 2.24) is 0 Å². The van der Waals surface area contributed by atoms with Crippen molar-refractivity contribution < 1.29 is 9.53 Å². The number of allylic oxidation sites excluding steroid dienone is 1. The fraction of sp³-hybridized carbons (Fsp3) is 0.930. The molecule has 0 saturated heterocycles. The van der Waals surface area contributed by atoms with Crippen molar-refractivity contribution in [3.8, 4) is 0 Å². The molecular weight excluding hydrogens is 647 g/mol. The summed E-state index contributed by atoms with van der Waals surface area (Å²) in [6, 6.07) is 0. The van der Waals surface area contributed by atoms with Gasteiger partial charge in [0.25, 0.3) is 0 Å². The maximum atomic E-state index is 11.3. The Balaban J connectivity index is 0.000000306. The summed E-state index contributed by atoms with van der Waals surface area (Å²) in [7, 11) is 0. The Morgan fingerprint density at radius 1 is 0.808 bits per heavy atom. The normalized spacial score (nSPS) is 30.8. The van der Waals surface area contributed by atoms with Gasteiger partial charge in [-0.1, -0.05) is 65.5 Å². The van der Waals surface area contributed by atoms with E-state index in [0.29, 0.717) is 43.6 Å². The van der Waals surface area contributed by atoms with E-state index in [1.165, 1.54) is 51.4 Å². The van der Waals surface area contributed by atoms with Gasteiger partial charge in [0.05, 0.1) is 0 Å². The Kier molecular flexibility index (Phi) is 17.9. The second-order valence-corrected chi connectivity index (χ2v) is 18.8. The molecule has 4 aliphatic rings. The van der Waals surface area contributed by atoms with Crippen molar-refractivity contribution in [2.75, 3.05) is 32.7 Å². The van der Waals surface area contributed by atoms with Crippen LogP contribution in [0.4, 0.5) is 4.79 Å². The standard InChI is InChI=1S/C28H47NO2.C15H38N6/c1-18(2)7-6-8-19(3)23-11-12-24-22-10-9-20-17-21(31-26(29)30)13-15-27(20,4)25(22)14-16-28(23,24)5;16-9-1-5-14(13-20,6-2-10-17)15(21,7-3-11-18)8-4-12-19/h9,18-19,21-25H,6-8,10-17H2,1-5H3,(H2,29,30);1-13,16-21H2/t19-,21?,22?,23-,24?,25?,27+,28-;/m1./s1. The molecule has 9 heteroatoms. The summed E-state index contributed by atoms with van der Waals surface area (Å²) in [5.41, 5.74) is 43.2. The molecule has 0 aromatic heterocycles. The quantitative estimate of drug-likeness (QED) is 0.0642. The Morgan fingerprint density at radius 3 is 1.94 bits per heavy atom. The summed E-state index contributed by atoms with van der Waals surface area (Å²) < 4.78 is 5.39. The van der Waals surface area contributed by atoms with Crippen LogP contribution >= 0.6 is 0 Å². The van der Waals surface area contributed by atoms with Crippen molar-refractivity contribution >= 4 is 6.09 Å². The second kappa shape index (κ2) is 20.6. The van der Waals surface area contributed by atoms with E-state index in [-0.39, 0.29) is 17.1 Å². The monoisotopic (exact) mass is 732 g/mol. The summed E-state index contributed by atoms with van der Waals surface area (Å²) in [6.07, 6.45) is 23.5. The van der Waals surface area contributed by atoms with Gasteiger partial charge in [0.15, 0.2) is 0 Å². The number of hydrogen-bond donors (Lipinski definition) is 7. The summed E-state index contributed by atoms with van der Waals surface area (Å²) in [6.45, 7) is 15.7. The number of primary amides is 1. The average molecular weight is 732 g/mol. The van der Waals surface area contributed by atoms with Gasteiger partial charge < -0.3 is 44.9 Å². The highest BCUT2D eigenvalue weighted by atomic mass is 16.6. The number of nitrogens with two attached hydrogens (primary N) is 7. The van der Waals surface area contributed by atoms with Gasteiger partial charge in [0, 0.05) is 17.4 Å². The third-order valence-electron chi connectivity index (χ3n) is 15.4. The molecule has 4 rings (SSSR count). The number of hydrogen-bond acceptors (Lipinski definition) is 8. The van der Waals surface area contributed by atoms with E-state index >= 15 is 0 Å². The first kappa shape index (κ1) is 45.2. The number of carbonyl (C=O) groups excluding carboxylic acids is 1. The zero-order valence-electron chi connectivity index (χ0n) is 34.4. The van der Waals surface area contributed by atoms with Gasteiger partial charge >= 0.3 is 6.09 Å². The number of rotatable bonds is 20. The molecule has 4 unspecified atom stereocenters. The Labute approximate surface area is 319 Å². The van der Waals surface area contributed by atoms with Gasteiger partial charge in [-0.25, -0.2) is 4.79 Å². The van der Waals surface area contributed by atoms with Crippen LogP contribution in [-0.4, -0.2) is 50.5 Å². The van der Waals surface area contributed by atoms with E-state index in [4.69, 9.17) is 44.9 Å². The van der Waals surface area contributed by atoms with E-state index < -0.39 is 6.09 Å². The molecule has 52 heavy (non-hydrogen) atoms. The highest BCUT2D eigenvalue weighted by molar-refractivity contribution is 5.64. The molecule has 0 radical (unpaired) electrons. The molecule has 304 valence electrons. The van der Waals surface area contributed by atoms with Crippen LogP contribution in [0.25, 0.3) is 0 Å². The third-order valence-corrected chi connectivity index (χ3v) is 15.4. The van der Waals surface area contributed by atoms with E-state index in [9.17, 15) is 4.79 Å². The molecule has 0 aliphatic heterocycles. The van der Waals surface area contributed by atoms with E-state index in [0.717, 1.165) is 106 Å². The van der Waals surface area contributed by atoms with Crippen LogP contribution in [0.1, 0.15) is 157 Å². The van der Waals surface area contributed by atoms with Crippen LogP contribution in [0.15, 0.2) is 11.6 Å². The van der Waals surface area contributed by atoms with Crippen LogP contribution in [0.2, 0.25) is 0 Å². The maximum Gasteiger partial charge on any atom is 0.404 e. The largest absolute Gasteiger partial charge is 0.446 e. The molecule has 1 amide bonds. The van der Waals surface area contributed by atoms with Crippen molar-refractivity contribution in [1.29, 1.82) is 0 Å². The summed E-state index contributed by atoms with van der Waals surface area (Å²) in [4.78, 5) is 11.3.